The van der Waals surface area contributed by atoms with Crippen LogP contribution in [0.2, 0.25) is 0 Å². The first-order valence-electron chi connectivity index (χ1n) is 4.91. The predicted molar refractivity (Wildman–Crippen MR) is 47.1 cm³/mol. The summed E-state index contributed by atoms with van der Waals surface area (Å²) < 4.78 is 0. The lowest BCUT2D eigenvalue weighted by Gasteiger charge is -2.29. The lowest BCUT2D eigenvalue weighted by Crippen LogP contribution is -2.41. The van der Waals surface area contributed by atoms with Crippen LogP contribution in [0.4, 0.5) is 0 Å². The number of aliphatic carboxylic acids is 1. The quantitative estimate of drug-likeness (QED) is 0.488. The Balaban J connectivity index is 2.60. The number of nitrogens with zero attached hydrogens (tertiary/aromatic N) is 1. The smallest absolute Gasteiger partial charge is 0.222 e. The van der Waals surface area contributed by atoms with Crippen LogP contribution in [0.3, 0.4) is 0 Å². The number of carboxylic acids is 1. The van der Waals surface area contributed by atoms with E-state index in [-0.39, 0.29) is 17.8 Å². The number of hydrogen-bond acceptors (Lipinski definition) is 4. The molecule has 0 spiro atoms. The van der Waals surface area contributed by atoms with E-state index < -0.39 is 11.5 Å². The van der Waals surface area contributed by atoms with Crippen molar-refractivity contribution < 1.29 is 14.8 Å². The third kappa shape index (κ3) is 2.43. The molecule has 1 saturated carbocycles. The largest absolute Gasteiger partial charge is 0.550 e. The summed E-state index contributed by atoms with van der Waals surface area (Å²) in [7, 11) is 0. The Kier molecular flexibility index (Phi) is 3.43. The molecule has 0 aromatic heterocycles. The molecule has 80 valence electrons. The highest BCUT2D eigenvalue weighted by atomic mass is 16.6. The van der Waals surface area contributed by atoms with E-state index in [0.29, 0.717) is 12.8 Å². The van der Waals surface area contributed by atoms with Gasteiger partial charge < -0.3 is 9.90 Å². The Morgan fingerprint density at radius 1 is 1.29 bits per heavy atom. The topological polar surface area (TPSA) is 83.3 Å². The Hall–Kier alpha value is -1.13. The molecule has 1 fully saturated rings. The van der Waals surface area contributed by atoms with Gasteiger partial charge in [-0.2, -0.15) is 0 Å². The van der Waals surface area contributed by atoms with Gasteiger partial charge in [0.1, 0.15) is 0 Å². The number of nitro groups is 1. The van der Waals surface area contributed by atoms with Gasteiger partial charge in [-0.1, -0.05) is 6.42 Å². The molecule has 14 heavy (non-hydrogen) atoms. The molecule has 5 nitrogen and oxygen atoms in total. The van der Waals surface area contributed by atoms with E-state index in [2.05, 4.69) is 0 Å². The second kappa shape index (κ2) is 4.39. The summed E-state index contributed by atoms with van der Waals surface area (Å²) >= 11 is 0. The van der Waals surface area contributed by atoms with Crippen molar-refractivity contribution in [2.45, 2.75) is 50.5 Å². The molecule has 0 aliphatic heterocycles. The Bertz CT molecular complexity index is 233. The molecule has 0 saturated heterocycles. The lowest BCUT2D eigenvalue weighted by molar-refractivity contribution is -0.576. The molecular weight excluding hydrogens is 186 g/mol. The van der Waals surface area contributed by atoms with Gasteiger partial charge in [-0.25, -0.2) is 0 Å². The van der Waals surface area contributed by atoms with Crippen molar-refractivity contribution in [2.75, 3.05) is 0 Å². The zero-order chi connectivity index (χ0) is 10.6. The van der Waals surface area contributed by atoms with E-state index in [1.807, 2.05) is 0 Å². The standard InChI is InChI=1S/C9H15NO4/c11-8(12)4-7-9(10(13)14)5-2-1-3-6-9/h1-7H2,(H,11,12)/p-1. The third-order valence-corrected chi connectivity index (χ3v) is 2.97. The van der Waals surface area contributed by atoms with Crippen molar-refractivity contribution in [2.24, 2.45) is 0 Å². The zero-order valence-corrected chi connectivity index (χ0v) is 8.03. The van der Waals surface area contributed by atoms with Gasteiger partial charge in [-0.05, 0) is 19.3 Å². The number of hydrogen-bond donors (Lipinski definition) is 0. The molecule has 0 N–H and O–H groups in total. The summed E-state index contributed by atoms with van der Waals surface area (Å²) in [6.07, 6.45) is 3.59. The third-order valence-electron chi connectivity index (χ3n) is 2.97. The molecule has 0 unspecified atom stereocenters. The molecule has 1 aliphatic rings. The van der Waals surface area contributed by atoms with E-state index in [0.717, 1.165) is 19.3 Å². The first kappa shape index (κ1) is 10.9. The maximum absolute atomic E-state index is 10.9. The van der Waals surface area contributed by atoms with Gasteiger partial charge in [0.05, 0.1) is 0 Å². The Labute approximate surface area is 82.3 Å². The fourth-order valence-electron chi connectivity index (χ4n) is 2.07. The van der Waals surface area contributed by atoms with Crippen LogP contribution >= 0.6 is 0 Å². The second-order valence-corrected chi connectivity index (χ2v) is 3.91. The van der Waals surface area contributed by atoms with Crippen molar-refractivity contribution in [3.63, 3.8) is 0 Å². The number of rotatable bonds is 4. The first-order valence-corrected chi connectivity index (χ1v) is 4.91. The molecule has 0 atom stereocenters. The minimum absolute atomic E-state index is 0.113. The average molecular weight is 200 g/mol. The number of carbonyl (C=O) groups is 1. The van der Waals surface area contributed by atoms with Crippen molar-refractivity contribution >= 4 is 5.97 Å². The van der Waals surface area contributed by atoms with Gasteiger partial charge in [0, 0.05) is 30.2 Å². The van der Waals surface area contributed by atoms with Crippen LogP contribution < -0.4 is 5.11 Å². The van der Waals surface area contributed by atoms with Gasteiger partial charge in [0.25, 0.3) is 0 Å². The van der Waals surface area contributed by atoms with Crippen LogP contribution in [-0.2, 0) is 4.79 Å². The fraction of sp³-hybridized carbons (Fsp3) is 0.889. The summed E-state index contributed by atoms with van der Waals surface area (Å²) in [5.41, 5.74) is -0.988. The lowest BCUT2D eigenvalue weighted by atomic mass is 9.79. The highest BCUT2D eigenvalue weighted by Crippen LogP contribution is 2.34. The number of carbonyl (C=O) groups excluding carboxylic acids is 1. The maximum atomic E-state index is 10.9. The van der Waals surface area contributed by atoms with E-state index >= 15 is 0 Å². The minimum atomic E-state index is -1.20. The van der Waals surface area contributed by atoms with E-state index in [4.69, 9.17) is 0 Å². The van der Waals surface area contributed by atoms with Crippen LogP contribution in [0.15, 0.2) is 0 Å². The van der Waals surface area contributed by atoms with Crippen molar-refractivity contribution in [3.05, 3.63) is 10.1 Å². The monoisotopic (exact) mass is 200 g/mol. The molecule has 1 aliphatic carbocycles. The van der Waals surface area contributed by atoms with Gasteiger partial charge >= 0.3 is 0 Å². The van der Waals surface area contributed by atoms with Gasteiger partial charge in [-0.15, -0.1) is 0 Å². The van der Waals surface area contributed by atoms with E-state index in [9.17, 15) is 20.0 Å². The Morgan fingerprint density at radius 3 is 2.29 bits per heavy atom. The molecule has 0 aromatic carbocycles. The molecule has 0 radical (unpaired) electrons. The summed E-state index contributed by atoms with van der Waals surface area (Å²) in [4.78, 5) is 20.9. The first-order chi connectivity index (χ1) is 6.57. The fourth-order valence-corrected chi connectivity index (χ4v) is 2.07. The zero-order valence-electron chi connectivity index (χ0n) is 8.03. The molecule has 5 heteroatoms. The van der Waals surface area contributed by atoms with E-state index in [1.165, 1.54) is 0 Å². The van der Waals surface area contributed by atoms with Crippen LogP contribution in [0.5, 0.6) is 0 Å². The molecule has 1 rings (SSSR count). The SMILES string of the molecule is O=C([O-])CCC1([N+](=O)[O-])CCCCC1. The van der Waals surface area contributed by atoms with Crippen LogP contribution in [0.25, 0.3) is 0 Å². The van der Waals surface area contributed by atoms with Gasteiger partial charge in [0.2, 0.25) is 5.54 Å². The average Bonchev–Trinajstić information content (AvgIpc) is 2.16. The van der Waals surface area contributed by atoms with Gasteiger partial charge in [0.15, 0.2) is 0 Å². The maximum Gasteiger partial charge on any atom is 0.222 e. The van der Waals surface area contributed by atoms with E-state index in [1.54, 1.807) is 0 Å². The van der Waals surface area contributed by atoms with Gasteiger partial charge in [-0.3, -0.25) is 10.1 Å². The van der Waals surface area contributed by atoms with Crippen LogP contribution in [-0.4, -0.2) is 16.4 Å². The minimum Gasteiger partial charge on any atom is -0.550 e. The van der Waals surface area contributed by atoms with Crippen molar-refractivity contribution in [3.8, 4) is 0 Å². The molecule has 0 amide bonds. The number of carboxylic acid groups (broad SMARTS) is 1. The van der Waals surface area contributed by atoms with Crippen LogP contribution in [0.1, 0.15) is 44.9 Å². The Morgan fingerprint density at radius 2 is 1.86 bits per heavy atom. The highest BCUT2D eigenvalue weighted by molar-refractivity contribution is 5.64. The van der Waals surface area contributed by atoms with Crippen molar-refractivity contribution in [1.29, 1.82) is 0 Å². The highest BCUT2D eigenvalue weighted by Gasteiger charge is 2.42. The second-order valence-electron chi connectivity index (χ2n) is 3.91. The molecule has 0 aromatic rings. The summed E-state index contributed by atoms with van der Waals surface area (Å²) in [5.74, 6) is -1.20. The summed E-state index contributed by atoms with van der Waals surface area (Å²) in [5, 5.41) is 21.2. The van der Waals surface area contributed by atoms with Crippen molar-refractivity contribution in [1.82, 2.24) is 0 Å². The molecular formula is C9H14NO4-. The summed E-state index contributed by atoms with van der Waals surface area (Å²) in [6, 6.07) is 0. The molecule has 0 heterocycles. The molecule has 0 bridgehead atoms. The normalized spacial score (nSPS) is 20.3. The predicted octanol–water partition coefficient (Wildman–Crippen LogP) is 0.496. The summed E-state index contributed by atoms with van der Waals surface area (Å²) in [6.45, 7) is 0. The van der Waals surface area contributed by atoms with Crippen LogP contribution in [0, 0.1) is 10.1 Å².